The molecule has 1 fully saturated rings. The highest BCUT2D eigenvalue weighted by Gasteiger charge is 2.19. The van der Waals surface area contributed by atoms with Gasteiger partial charge in [-0.3, -0.25) is 9.69 Å². The van der Waals surface area contributed by atoms with E-state index in [-0.39, 0.29) is 11.7 Å². The van der Waals surface area contributed by atoms with Crippen LogP contribution in [-0.4, -0.2) is 59.4 Å². The molecule has 2 heterocycles. The molecule has 0 aliphatic carbocycles. The van der Waals surface area contributed by atoms with E-state index in [1.165, 1.54) is 11.9 Å². The summed E-state index contributed by atoms with van der Waals surface area (Å²) in [5, 5.41) is 13.5. The third kappa shape index (κ3) is 7.03. The predicted octanol–water partition coefficient (Wildman–Crippen LogP) is 2.64. The third-order valence-electron chi connectivity index (χ3n) is 6.14. The van der Waals surface area contributed by atoms with Gasteiger partial charge in [0.2, 0.25) is 5.75 Å². The highest BCUT2D eigenvalue weighted by atomic mass is 16.5. The lowest BCUT2D eigenvalue weighted by atomic mass is 9.94. The molecule has 2 aromatic carbocycles. The van der Waals surface area contributed by atoms with Gasteiger partial charge in [0, 0.05) is 43.2 Å². The van der Waals surface area contributed by atoms with Crippen molar-refractivity contribution in [2.75, 3.05) is 39.4 Å². The maximum Gasteiger partial charge on any atom is 0.293 e. The van der Waals surface area contributed by atoms with E-state index in [4.69, 9.17) is 4.74 Å². The molecular weight excluding hydrogens is 440 g/mol. The summed E-state index contributed by atoms with van der Waals surface area (Å²) in [6.07, 6.45) is 1.99. The molecular formula is C28H32N4O3. The fourth-order valence-corrected chi connectivity index (χ4v) is 4.15. The quantitative estimate of drug-likeness (QED) is 0.437. The van der Waals surface area contributed by atoms with Crippen LogP contribution in [0.1, 0.15) is 40.8 Å². The number of likely N-dealkylation sites (N-methyl/N-ethyl adjacent to an activating group) is 1. The summed E-state index contributed by atoms with van der Waals surface area (Å²) in [6.45, 7) is 7.95. The molecule has 1 atom stereocenters. The van der Waals surface area contributed by atoms with E-state index in [0.717, 1.165) is 56.1 Å². The largest absolute Gasteiger partial charge is 0.502 e. The molecule has 7 nitrogen and oxygen atoms in total. The number of benzene rings is 2. The normalized spacial score (nSPS) is 14.8. The first-order valence-electron chi connectivity index (χ1n) is 12.1. The maximum absolute atomic E-state index is 11.8. The number of nitrogens with one attached hydrogen (secondary N) is 2. The van der Waals surface area contributed by atoms with Crippen LogP contribution in [0.25, 0.3) is 0 Å². The molecule has 7 heteroatoms. The first-order valence-corrected chi connectivity index (χ1v) is 12.1. The topological polar surface area (TPSA) is 90.5 Å². The molecule has 1 saturated heterocycles. The van der Waals surface area contributed by atoms with Crippen LogP contribution in [0, 0.1) is 11.8 Å². The number of hydrogen-bond donors (Lipinski definition) is 3. The van der Waals surface area contributed by atoms with Crippen LogP contribution in [0.2, 0.25) is 0 Å². The molecule has 3 aromatic rings. The van der Waals surface area contributed by atoms with Gasteiger partial charge >= 0.3 is 0 Å². The van der Waals surface area contributed by atoms with Gasteiger partial charge in [-0.2, -0.15) is 0 Å². The van der Waals surface area contributed by atoms with Crippen molar-refractivity contribution in [3.05, 3.63) is 93.2 Å². The van der Waals surface area contributed by atoms with Crippen LogP contribution in [0.5, 0.6) is 5.75 Å². The van der Waals surface area contributed by atoms with E-state index in [1.54, 1.807) is 0 Å². The minimum atomic E-state index is -0.517. The van der Waals surface area contributed by atoms with Crippen LogP contribution in [-0.2, 0) is 17.7 Å². The number of H-pyrrole nitrogens is 1. The molecule has 4 rings (SSSR count). The smallest absolute Gasteiger partial charge is 0.293 e. The molecule has 0 bridgehead atoms. The molecule has 0 saturated carbocycles. The molecule has 0 spiro atoms. The number of aromatic hydroxyl groups is 1. The van der Waals surface area contributed by atoms with Crippen LogP contribution < -0.4 is 10.9 Å². The van der Waals surface area contributed by atoms with Crippen molar-refractivity contribution in [1.82, 2.24) is 20.2 Å². The summed E-state index contributed by atoms with van der Waals surface area (Å²) in [5.41, 5.74) is 4.20. The Balaban J connectivity index is 1.39. The Morgan fingerprint density at radius 3 is 2.31 bits per heavy atom. The second-order valence-corrected chi connectivity index (χ2v) is 8.71. The van der Waals surface area contributed by atoms with Crippen molar-refractivity contribution in [1.29, 1.82) is 0 Å². The fraction of sp³-hybridized carbons (Fsp3) is 0.357. The molecule has 1 aliphatic heterocycles. The highest BCUT2D eigenvalue weighted by molar-refractivity contribution is 5.44. The van der Waals surface area contributed by atoms with E-state index in [2.05, 4.69) is 56.3 Å². The summed E-state index contributed by atoms with van der Waals surface area (Å²) in [6, 6.07) is 16.5. The van der Waals surface area contributed by atoms with E-state index in [9.17, 15) is 9.90 Å². The Labute approximate surface area is 206 Å². The molecule has 1 aliphatic rings. The minimum Gasteiger partial charge on any atom is -0.502 e. The summed E-state index contributed by atoms with van der Waals surface area (Å²) in [5.74, 6) is 6.05. The van der Waals surface area contributed by atoms with Crippen molar-refractivity contribution in [2.24, 2.45) is 0 Å². The molecule has 3 N–H and O–H groups in total. The Hall–Kier alpha value is -3.44. The lowest BCUT2D eigenvalue weighted by molar-refractivity contribution is 0.0342. The first-order chi connectivity index (χ1) is 17.1. The Morgan fingerprint density at radius 2 is 1.69 bits per heavy atom. The zero-order valence-electron chi connectivity index (χ0n) is 20.1. The number of nitrogens with zero attached hydrogens (tertiary/aromatic N) is 2. The van der Waals surface area contributed by atoms with Crippen molar-refractivity contribution < 1.29 is 9.84 Å². The molecule has 35 heavy (non-hydrogen) atoms. The zero-order chi connectivity index (χ0) is 24.5. The minimum absolute atomic E-state index is 0.120. The van der Waals surface area contributed by atoms with Crippen molar-refractivity contribution in [2.45, 2.75) is 25.8 Å². The second-order valence-electron chi connectivity index (χ2n) is 8.71. The van der Waals surface area contributed by atoms with Gasteiger partial charge in [-0.1, -0.05) is 43.0 Å². The molecule has 0 radical (unpaired) electrons. The van der Waals surface area contributed by atoms with Gasteiger partial charge in [0.15, 0.2) is 0 Å². The third-order valence-corrected chi connectivity index (χ3v) is 6.14. The van der Waals surface area contributed by atoms with Crippen molar-refractivity contribution >= 4 is 0 Å². The fourth-order valence-electron chi connectivity index (χ4n) is 4.15. The van der Waals surface area contributed by atoms with Crippen LogP contribution in [0.4, 0.5) is 0 Å². The first kappa shape index (κ1) is 24.7. The van der Waals surface area contributed by atoms with Crippen molar-refractivity contribution in [3.63, 3.8) is 0 Å². The molecule has 0 amide bonds. The van der Waals surface area contributed by atoms with Gasteiger partial charge in [-0.05, 0) is 48.4 Å². The lowest BCUT2D eigenvalue weighted by Crippen LogP contribution is -2.35. The van der Waals surface area contributed by atoms with Crippen LogP contribution in [0.15, 0.2) is 59.7 Å². The summed E-state index contributed by atoms with van der Waals surface area (Å²) in [7, 11) is 0. The van der Waals surface area contributed by atoms with Crippen molar-refractivity contribution in [3.8, 4) is 17.6 Å². The highest BCUT2D eigenvalue weighted by Crippen LogP contribution is 2.23. The Kier molecular flexibility index (Phi) is 8.68. The molecule has 182 valence electrons. The van der Waals surface area contributed by atoms with Gasteiger partial charge in [-0.25, -0.2) is 4.98 Å². The SMILES string of the molecule is CCNCC(Cc1ccc(C#Cc2ccc(CN3CCOCC3)cc2)cc1)c1nc[nH]c(=O)c1O. The van der Waals surface area contributed by atoms with Crippen LogP contribution >= 0.6 is 0 Å². The number of ether oxygens (including phenoxy) is 1. The van der Waals surface area contributed by atoms with Crippen LogP contribution in [0.3, 0.4) is 0 Å². The van der Waals surface area contributed by atoms with E-state index in [0.29, 0.717) is 18.7 Å². The van der Waals surface area contributed by atoms with Gasteiger partial charge in [0.25, 0.3) is 5.56 Å². The molecule has 1 aromatic heterocycles. The van der Waals surface area contributed by atoms with Gasteiger partial charge in [0.05, 0.1) is 25.2 Å². The lowest BCUT2D eigenvalue weighted by Gasteiger charge is -2.26. The number of morpholine rings is 1. The number of rotatable bonds is 8. The summed E-state index contributed by atoms with van der Waals surface area (Å²) < 4.78 is 5.41. The van der Waals surface area contributed by atoms with E-state index >= 15 is 0 Å². The van der Waals surface area contributed by atoms with Gasteiger partial charge < -0.3 is 20.1 Å². The second kappa shape index (κ2) is 12.3. The summed E-state index contributed by atoms with van der Waals surface area (Å²) in [4.78, 5) is 20.9. The zero-order valence-corrected chi connectivity index (χ0v) is 20.1. The average molecular weight is 473 g/mol. The van der Waals surface area contributed by atoms with E-state index in [1.807, 2.05) is 31.2 Å². The number of hydrogen-bond acceptors (Lipinski definition) is 6. The standard InChI is InChI=1S/C28H32N4O3/c1-2-29-18-25(26-27(33)28(34)31-20-30-26)17-23-9-5-21(6-10-23)3-4-22-7-11-24(12-8-22)19-32-13-15-35-16-14-32/h5-12,20,25,29,33H,2,13-19H2,1H3,(H,30,31,34). The monoisotopic (exact) mass is 472 g/mol. The Morgan fingerprint density at radius 1 is 1.06 bits per heavy atom. The Bertz CT molecular complexity index is 1200. The summed E-state index contributed by atoms with van der Waals surface area (Å²) >= 11 is 0. The van der Waals surface area contributed by atoms with Gasteiger partial charge in [0.1, 0.15) is 0 Å². The van der Waals surface area contributed by atoms with Gasteiger partial charge in [-0.15, -0.1) is 0 Å². The predicted molar refractivity (Wildman–Crippen MR) is 136 cm³/mol. The molecule has 1 unspecified atom stereocenters. The number of aromatic nitrogens is 2. The number of aromatic amines is 1. The average Bonchev–Trinajstić information content (AvgIpc) is 2.89. The maximum atomic E-state index is 11.8. The van der Waals surface area contributed by atoms with E-state index < -0.39 is 5.56 Å².